The number of aliphatic hydroxyl groups is 1. The van der Waals surface area contributed by atoms with Gasteiger partial charge in [-0.1, -0.05) is 42.5 Å². The molecule has 1 heterocycles. The molecule has 2 aromatic rings. The molecule has 1 aliphatic rings. The molecular formula is C21H27NO3. The molecule has 1 aliphatic heterocycles. The van der Waals surface area contributed by atoms with Crippen molar-refractivity contribution in [2.45, 2.75) is 25.6 Å². The average Bonchev–Trinajstić information content (AvgIpc) is 2.67. The molecular weight excluding hydrogens is 314 g/mol. The SMILES string of the molecule is CC(O)(CCN1CCOCC1)c1ccc(COc2ccccc2)cc1. The van der Waals surface area contributed by atoms with Crippen molar-refractivity contribution in [1.29, 1.82) is 0 Å². The molecule has 0 saturated carbocycles. The van der Waals surface area contributed by atoms with Crippen molar-refractivity contribution in [2.75, 3.05) is 32.8 Å². The normalized spacial score (nSPS) is 17.8. The molecule has 25 heavy (non-hydrogen) atoms. The average molecular weight is 341 g/mol. The van der Waals surface area contributed by atoms with Gasteiger partial charge in [-0.05, 0) is 36.6 Å². The summed E-state index contributed by atoms with van der Waals surface area (Å²) in [6.45, 7) is 6.78. The van der Waals surface area contributed by atoms with Gasteiger partial charge in [0.2, 0.25) is 0 Å². The van der Waals surface area contributed by atoms with Crippen LogP contribution in [0.25, 0.3) is 0 Å². The topological polar surface area (TPSA) is 41.9 Å². The summed E-state index contributed by atoms with van der Waals surface area (Å²) < 4.78 is 11.1. The van der Waals surface area contributed by atoms with E-state index in [-0.39, 0.29) is 0 Å². The van der Waals surface area contributed by atoms with Crippen molar-refractivity contribution in [3.05, 3.63) is 65.7 Å². The molecule has 0 radical (unpaired) electrons. The third-order valence-corrected chi connectivity index (χ3v) is 4.74. The number of hydrogen-bond donors (Lipinski definition) is 1. The Kier molecular flexibility index (Phi) is 6.08. The van der Waals surface area contributed by atoms with Gasteiger partial charge in [0.1, 0.15) is 12.4 Å². The molecule has 0 bridgehead atoms. The number of rotatable bonds is 7. The van der Waals surface area contributed by atoms with Gasteiger partial charge < -0.3 is 14.6 Å². The number of benzene rings is 2. The van der Waals surface area contributed by atoms with Crippen LogP contribution in [0.2, 0.25) is 0 Å². The smallest absolute Gasteiger partial charge is 0.119 e. The Morgan fingerprint density at radius 3 is 2.40 bits per heavy atom. The third kappa shape index (κ3) is 5.30. The quantitative estimate of drug-likeness (QED) is 0.840. The first-order valence-corrected chi connectivity index (χ1v) is 8.93. The molecule has 1 fully saturated rings. The molecule has 1 unspecified atom stereocenters. The molecule has 0 amide bonds. The van der Waals surface area contributed by atoms with Gasteiger partial charge in [-0.25, -0.2) is 0 Å². The fourth-order valence-corrected chi connectivity index (χ4v) is 2.99. The van der Waals surface area contributed by atoms with E-state index in [4.69, 9.17) is 9.47 Å². The van der Waals surface area contributed by atoms with Crippen molar-refractivity contribution < 1.29 is 14.6 Å². The molecule has 1 atom stereocenters. The molecule has 0 spiro atoms. The van der Waals surface area contributed by atoms with Crippen molar-refractivity contribution in [1.82, 2.24) is 4.90 Å². The van der Waals surface area contributed by atoms with Gasteiger partial charge in [-0.2, -0.15) is 0 Å². The van der Waals surface area contributed by atoms with Gasteiger partial charge in [0.25, 0.3) is 0 Å². The highest BCUT2D eigenvalue weighted by atomic mass is 16.5. The second kappa shape index (κ2) is 8.48. The lowest BCUT2D eigenvalue weighted by atomic mass is 9.91. The Labute approximate surface area is 150 Å². The zero-order valence-corrected chi connectivity index (χ0v) is 14.9. The highest BCUT2D eigenvalue weighted by molar-refractivity contribution is 5.27. The van der Waals surface area contributed by atoms with Gasteiger partial charge in [0.15, 0.2) is 0 Å². The largest absolute Gasteiger partial charge is 0.489 e. The highest BCUT2D eigenvalue weighted by Gasteiger charge is 2.24. The number of para-hydroxylation sites is 1. The van der Waals surface area contributed by atoms with E-state index in [2.05, 4.69) is 4.90 Å². The number of nitrogens with zero attached hydrogens (tertiary/aromatic N) is 1. The lowest BCUT2D eigenvalue weighted by Crippen LogP contribution is -2.39. The minimum atomic E-state index is -0.822. The number of hydrogen-bond acceptors (Lipinski definition) is 4. The Bertz CT molecular complexity index is 634. The molecule has 134 valence electrons. The lowest BCUT2D eigenvalue weighted by molar-refractivity contribution is 0.00547. The molecule has 0 aromatic heterocycles. The molecule has 1 saturated heterocycles. The Hall–Kier alpha value is -1.88. The predicted molar refractivity (Wildman–Crippen MR) is 98.7 cm³/mol. The fraction of sp³-hybridized carbons (Fsp3) is 0.429. The molecule has 1 N–H and O–H groups in total. The van der Waals surface area contributed by atoms with Crippen molar-refractivity contribution in [3.8, 4) is 5.75 Å². The van der Waals surface area contributed by atoms with Gasteiger partial charge in [0, 0.05) is 19.6 Å². The van der Waals surface area contributed by atoms with Crippen LogP contribution in [-0.2, 0) is 16.9 Å². The summed E-state index contributed by atoms with van der Waals surface area (Å²) in [6, 6.07) is 17.9. The van der Waals surface area contributed by atoms with Crippen LogP contribution in [0.15, 0.2) is 54.6 Å². The van der Waals surface area contributed by atoms with Gasteiger partial charge in [-0.15, -0.1) is 0 Å². The van der Waals surface area contributed by atoms with Crippen LogP contribution >= 0.6 is 0 Å². The molecule has 4 heteroatoms. The third-order valence-electron chi connectivity index (χ3n) is 4.74. The van der Waals surface area contributed by atoms with Crippen LogP contribution in [0.1, 0.15) is 24.5 Å². The lowest BCUT2D eigenvalue weighted by Gasteiger charge is -2.31. The summed E-state index contributed by atoms with van der Waals surface area (Å²) in [5.74, 6) is 0.865. The first kappa shape index (κ1) is 17.9. The molecule has 3 rings (SSSR count). The van der Waals surface area contributed by atoms with Gasteiger partial charge >= 0.3 is 0 Å². The van der Waals surface area contributed by atoms with Crippen LogP contribution in [0.3, 0.4) is 0 Å². The van der Waals surface area contributed by atoms with Crippen LogP contribution in [0.4, 0.5) is 0 Å². The van der Waals surface area contributed by atoms with E-state index in [0.717, 1.165) is 49.7 Å². The molecule has 0 aliphatic carbocycles. The zero-order valence-electron chi connectivity index (χ0n) is 14.9. The second-order valence-corrected chi connectivity index (χ2v) is 6.78. The summed E-state index contributed by atoms with van der Waals surface area (Å²) >= 11 is 0. The zero-order chi connectivity index (χ0) is 17.5. The number of ether oxygens (including phenoxy) is 2. The van der Waals surface area contributed by atoms with E-state index in [9.17, 15) is 5.11 Å². The maximum Gasteiger partial charge on any atom is 0.119 e. The summed E-state index contributed by atoms with van der Waals surface area (Å²) in [6.07, 6.45) is 0.715. The Morgan fingerprint density at radius 1 is 1.04 bits per heavy atom. The molecule has 2 aromatic carbocycles. The van der Waals surface area contributed by atoms with Crippen LogP contribution in [0.5, 0.6) is 5.75 Å². The van der Waals surface area contributed by atoms with Crippen LogP contribution in [-0.4, -0.2) is 42.9 Å². The predicted octanol–water partition coefficient (Wildman–Crippen LogP) is 3.20. The van der Waals surface area contributed by atoms with E-state index in [1.54, 1.807) is 0 Å². The summed E-state index contributed by atoms with van der Waals surface area (Å²) in [5, 5.41) is 10.8. The maximum atomic E-state index is 10.8. The van der Waals surface area contributed by atoms with E-state index >= 15 is 0 Å². The number of morpholine rings is 1. The van der Waals surface area contributed by atoms with Gasteiger partial charge in [0.05, 0.1) is 18.8 Å². The fourth-order valence-electron chi connectivity index (χ4n) is 2.99. The van der Waals surface area contributed by atoms with E-state index in [1.807, 2.05) is 61.5 Å². The monoisotopic (exact) mass is 341 g/mol. The van der Waals surface area contributed by atoms with E-state index in [1.165, 1.54) is 0 Å². The summed E-state index contributed by atoms with van der Waals surface area (Å²) in [4.78, 5) is 2.35. The van der Waals surface area contributed by atoms with Gasteiger partial charge in [-0.3, -0.25) is 4.90 Å². The second-order valence-electron chi connectivity index (χ2n) is 6.78. The minimum Gasteiger partial charge on any atom is -0.489 e. The first-order valence-electron chi connectivity index (χ1n) is 8.93. The standard InChI is InChI=1S/C21H27NO3/c1-21(23,11-12-22-13-15-24-16-14-22)19-9-7-18(8-10-19)17-25-20-5-3-2-4-6-20/h2-10,23H,11-17H2,1H3. The Balaban J connectivity index is 1.53. The van der Waals surface area contributed by atoms with Crippen LogP contribution in [0, 0.1) is 0 Å². The minimum absolute atomic E-state index is 0.528. The van der Waals surface area contributed by atoms with Crippen molar-refractivity contribution in [3.63, 3.8) is 0 Å². The van der Waals surface area contributed by atoms with Crippen molar-refractivity contribution >= 4 is 0 Å². The van der Waals surface area contributed by atoms with Crippen LogP contribution < -0.4 is 4.74 Å². The first-order chi connectivity index (χ1) is 12.1. The summed E-state index contributed by atoms with van der Waals surface area (Å²) in [7, 11) is 0. The Morgan fingerprint density at radius 2 is 1.72 bits per heavy atom. The highest BCUT2D eigenvalue weighted by Crippen LogP contribution is 2.25. The summed E-state index contributed by atoms with van der Waals surface area (Å²) in [5.41, 5.74) is 1.22. The van der Waals surface area contributed by atoms with E-state index < -0.39 is 5.60 Å². The van der Waals surface area contributed by atoms with E-state index in [0.29, 0.717) is 13.0 Å². The molecule has 4 nitrogen and oxygen atoms in total. The maximum absolute atomic E-state index is 10.8. The van der Waals surface area contributed by atoms with Crippen molar-refractivity contribution in [2.24, 2.45) is 0 Å².